The summed E-state index contributed by atoms with van der Waals surface area (Å²) in [4.78, 5) is 0. The van der Waals surface area contributed by atoms with E-state index < -0.39 is 0 Å². The van der Waals surface area contributed by atoms with Crippen molar-refractivity contribution in [2.24, 2.45) is 5.92 Å². The molecule has 0 aliphatic carbocycles. The van der Waals surface area contributed by atoms with E-state index >= 15 is 0 Å². The molecule has 1 unspecified atom stereocenters. The van der Waals surface area contributed by atoms with Crippen molar-refractivity contribution in [3.8, 4) is 0 Å². The molecular formula is C11H15BrFN. The summed E-state index contributed by atoms with van der Waals surface area (Å²) in [5.74, 6) is 0.326. The van der Waals surface area contributed by atoms with Gasteiger partial charge in [-0.2, -0.15) is 0 Å². The molecule has 0 amide bonds. The van der Waals surface area contributed by atoms with E-state index in [0.29, 0.717) is 12.0 Å². The predicted molar refractivity (Wildman–Crippen MR) is 62.0 cm³/mol. The zero-order valence-corrected chi connectivity index (χ0v) is 10.2. The minimum atomic E-state index is -0.223. The molecule has 0 radical (unpaired) electrons. The van der Waals surface area contributed by atoms with Crippen molar-refractivity contribution >= 4 is 21.6 Å². The fraction of sp³-hybridized carbons (Fsp3) is 0.455. The third kappa shape index (κ3) is 2.98. The summed E-state index contributed by atoms with van der Waals surface area (Å²) in [7, 11) is 0. The van der Waals surface area contributed by atoms with Crippen LogP contribution in [0.4, 0.5) is 10.1 Å². The van der Waals surface area contributed by atoms with Gasteiger partial charge >= 0.3 is 0 Å². The van der Waals surface area contributed by atoms with E-state index in [2.05, 4.69) is 42.0 Å². The summed E-state index contributed by atoms with van der Waals surface area (Å²) in [6, 6.07) is 5.05. The number of benzene rings is 1. The summed E-state index contributed by atoms with van der Waals surface area (Å²) < 4.78 is 13.6. The summed E-state index contributed by atoms with van der Waals surface area (Å²) in [5.41, 5.74) is 0.938. The SMILES string of the molecule is CC(C)C(C)Nc1ccc(F)cc1Br. The molecule has 1 N–H and O–H groups in total. The van der Waals surface area contributed by atoms with Gasteiger partial charge in [0.2, 0.25) is 0 Å². The topological polar surface area (TPSA) is 12.0 Å². The Kier molecular flexibility index (Phi) is 3.93. The maximum absolute atomic E-state index is 12.8. The van der Waals surface area contributed by atoms with Gasteiger partial charge in [0.05, 0.1) is 0 Å². The second-order valence-corrected chi connectivity index (χ2v) is 4.66. The van der Waals surface area contributed by atoms with Gasteiger partial charge in [-0.3, -0.25) is 0 Å². The molecule has 1 atom stereocenters. The molecule has 0 heterocycles. The van der Waals surface area contributed by atoms with Gasteiger partial charge in [-0.05, 0) is 47.0 Å². The highest BCUT2D eigenvalue weighted by Gasteiger charge is 2.08. The first-order chi connectivity index (χ1) is 6.50. The highest BCUT2D eigenvalue weighted by molar-refractivity contribution is 9.10. The van der Waals surface area contributed by atoms with Crippen LogP contribution in [0.25, 0.3) is 0 Å². The highest BCUT2D eigenvalue weighted by Crippen LogP contribution is 2.24. The van der Waals surface area contributed by atoms with E-state index in [9.17, 15) is 4.39 Å². The number of halogens is 2. The van der Waals surface area contributed by atoms with Crippen LogP contribution in [0.5, 0.6) is 0 Å². The summed E-state index contributed by atoms with van der Waals surface area (Å²) in [5, 5.41) is 3.32. The van der Waals surface area contributed by atoms with Crippen LogP contribution in [-0.4, -0.2) is 6.04 Å². The normalized spacial score (nSPS) is 13.0. The molecule has 3 heteroatoms. The van der Waals surface area contributed by atoms with E-state index in [1.165, 1.54) is 12.1 Å². The van der Waals surface area contributed by atoms with Gasteiger partial charge < -0.3 is 5.32 Å². The Balaban J connectivity index is 2.77. The number of anilines is 1. The average molecular weight is 260 g/mol. The van der Waals surface area contributed by atoms with Crippen LogP contribution in [-0.2, 0) is 0 Å². The van der Waals surface area contributed by atoms with Crippen LogP contribution in [0.1, 0.15) is 20.8 Å². The molecule has 0 fully saturated rings. The first-order valence-electron chi connectivity index (χ1n) is 4.72. The van der Waals surface area contributed by atoms with E-state index in [-0.39, 0.29) is 5.82 Å². The number of hydrogen-bond acceptors (Lipinski definition) is 1. The van der Waals surface area contributed by atoms with Gasteiger partial charge in [0.25, 0.3) is 0 Å². The quantitative estimate of drug-likeness (QED) is 0.864. The zero-order valence-electron chi connectivity index (χ0n) is 8.64. The van der Waals surface area contributed by atoms with E-state index in [0.717, 1.165) is 10.2 Å². The molecule has 14 heavy (non-hydrogen) atoms. The van der Waals surface area contributed by atoms with Crippen molar-refractivity contribution in [3.63, 3.8) is 0 Å². The molecule has 0 spiro atoms. The third-order valence-electron chi connectivity index (χ3n) is 2.31. The standard InChI is InChI=1S/C11H15BrFN/c1-7(2)8(3)14-11-5-4-9(13)6-10(11)12/h4-8,14H,1-3H3. The summed E-state index contributed by atoms with van der Waals surface area (Å²) in [6.45, 7) is 6.41. The molecule has 1 rings (SSSR count). The lowest BCUT2D eigenvalue weighted by Gasteiger charge is -2.19. The van der Waals surface area contributed by atoms with E-state index in [4.69, 9.17) is 0 Å². The molecule has 0 saturated carbocycles. The molecule has 0 aromatic heterocycles. The van der Waals surface area contributed by atoms with Gasteiger partial charge in [-0.25, -0.2) is 4.39 Å². The Morgan fingerprint density at radius 2 is 1.93 bits per heavy atom. The largest absolute Gasteiger partial charge is 0.381 e. The van der Waals surface area contributed by atoms with Crippen LogP contribution in [0.15, 0.2) is 22.7 Å². The van der Waals surface area contributed by atoms with Gasteiger partial charge in [-0.15, -0.1) is 0 Å². The summed E-state index contributed by atoms with van der Waals surface area (Å²) >= 11 is 3.32. The molecule has 1 aromatic carbocycles. The maximum atomic E-state index is 12.8. The average Bonchev–Trinajstić information content (AvgIpc) is 2.09. The molecule has 0 saturated heterocycles. The van der Waals surface area contributed by atoms with Crippen molar-refractivity contribution in [3.05, 3.63) is 28.5 Å². The fourth-order valence-corrected chi connectivity index (χ4v) is 1.48. The van der Waals surface area contributed by atoms with Crippen LogP contribution in [0.2, 0.25) is 0 Å². The lowest BCUT2D eigenvalue weighted by Crippen LogP contribution is -2.21. The van der Waals surface area contributed by atoms with Crippen molar-refractivity contribution in [2.75, 3.05) is 5.32 Å². The van der Waals surface area contributed by atoms with Gasteiger partial charge in [0.15, 0.2) is 0 Å². The Morgan fingerprint density at radius 3 is 2.43 bits per heavy atom. The zero-order chi connectivity index (χ0) is 10.7. The number of rotatable bonds is 3. The lowest BCUT2D eigenvalue weighted by atomic mass is 10.1. The minimum absolute atomic E-state index is 0.223. The Morgan fingerprint density at radius 1 is 1.29 bits per heavy atom. The molecular weight excluding hydrogens is 245 g/mol. The minimum Gasteiger partial charge on any atom is -0.381 e. The van der Waals surface area contributed by atoms with Gasteiger partial charge in [0, 0.05) is 16.2 Å². The molecule has 0 aliphatic heterocycles. The van der Waals surface area contributed by atoms with Crippen LogP contribution in [0.3, 0.4) is 0 Å². The summed E-state index contributed by atoms with van der Waals surface area (Å²) in [6.07, 6.45) is 0. The maximum Gasteiger partial charge on any atom is 0.124 e. The fourth-order valence-electron chi connectivity index (χ4n) is 1.02. The Labute approximate surface area is 92.8 Å². The second-order valence-electron chi connectivity index (χ2n) is 3.80. The first kappa shape index (κ1) is 11.5. The first-order valence-corrected chi connectivity index (χ1v) is 5.51. The van der Waals surface area contributed by atoms with Crippen molar-refractivity contribution in [2.45, 2.75) is 26.8 Å². The van der Waals surface area contributed by atoms with Gasteiger partial charge in [0.1, 0.15) is 5.82 Å². The molecule has 0 aliphatic rings. The van der Waals surface area contributed by atoms with Crippen LogP contribution < -0.4 is 5.32 Å². The van der Waals surface area contributed by atoms with Crippen molar-refractivity contribution in [1.82, 2.24) is 0 Å². The second kappa shape index (κ2) is 4.78. The van der Waals surface area contributed by atoms with Crippen molar-refractivity contribution in [1.29, 1.82) is 0 Å². The van der Waals surface area contributed by atoms with Crippen LogP contribution >= 0.6 is 15.9 Å². The van der Waals surface area contributed by atoms with Crippen molar-refractivity contribution < 1.29 is 4.39 Å². The van der Waals surface area contributed by atoms with Crippen LogP contribution in [0, 0.1) is 11.7 Å². The highest BCUT2D eigenvalue weighted by atomic mass is 79.9. The predicted octanol–water partition coefficient (Wildman–Crippen LogP) is 4.04. The monoisotopic (exact) mass is 259 g/mol. The smallest absolute Gasteiger partial charge is 0.124 e. The Bertz CT molecular complexity index is 312. The van der Waals surface area contributed by atoms with E-state index in [1.807, 2.05) is 0 Å². The molecule has 1 nitrogen and oxygen atoms in total. The van der Waals surface area contributed by atoms with E-state index in [1.54, 1.807) is 6.07 Å². The molecule has 78 valence electrons. The Hall–Kier alpha value is -0.570. The number of hydrogen-bond donors (Lipinski definition) is 1. The third-order valence-corrected chi connectivity index (χ3v) is 2.97. The lowest BCUT2D eigenvalue weighted by molar-refractivity contribution is 0.559. The molecule has 0 bridgehead atoms. The van der Waals surface area contributed by atoms with Gasteiger partial charge in [-0.1, -0.05) is 13.8 Å². The number of nitrogens with one attached hydrogen (secondary N) is 1. The molecule has 1 aromatic rings.